The molecule has 1 aromatic rings. The molecule has 88 valence electrons. The summed E-state index contributed by atoms with van der Waals surface area (Å²) in [5.41, 5.74) is 7.02. The molecule has 2 N–H and O–H groups in total. The third-order valence-electron chi connectivity index (χ3n) is 3.31. The van der Waals surface area contributed by atoms with Crippen molar-refractivity contribution < 1.29 is 0 Å². The van der Waals surface area contributed by atoms with Crippen LogP contribution in [-0.2, 0) is 0 Å². The lowest BCUT2D eigenvalue weighted by Crippen LogP contribution is -2.24. The standard InChI is InChI=1S/C12H16Cl2N2/c13-9-6-10(14)12(16-7-9)11(15)8-4-2-1-3-5-8/h6-8,11H,1-5,15H2. The number of rotatable bonds is 2. The molecule has 0 radical (unpaired) electrons. The van der Waals surface area contributed by atoms with Crippen LogP contribution in [0.2, 0.25) is 10.0 Å². The van der Waals surface area contributed by atoms with Crippen LogP contribution in [0.1, 0.15) is 43.8 Å². The molecular formula is C12H16Cl2N2. The number of aromatic nitrogens is 1. The van der Waals surface area contributed by atoms with E-state index < -0.39 is 0 Å². The Labute approximate surface area is 106 Å². The van der Waals surface area contributed by atoms with E-state index in [0.717, 1.165) is 5.69 Å². The van der Waals surface area contributed by atoms with Crippen molar-refractivity contribution in [1.82, 2.24) is 4.98 Å². The quantitative estimate of drug-likeness (QED) is 0.872. The Hall–Kier alpha value is -0.310. The van der Waals surface area contributed by atoms with Gasteiger partial charge >= 0.3 is 0 Å². The molecule has 0 saturated heterocycles. The fourth-order valence-corrected chi connectivity index (χ4v) is 2.89. The molecule has 1 aliphatic carbocycles. The number of halogens is 2. The van der Waals surface area contributed by atoms with E-state index in [1.54, 1.807) is 12.3 Å². The monoisotopic (exact) mass is 258 g/mol. The van der Waals surface area contributed by atoms with Gasteiger partial charge in [-0.15, -0.1) is 0 Å². The molecule has 0 amide bonds. The molecule has 0 spiro atoms. The molecule has 2 rings (SSSR count). The van der Waals surface area contributed by atoms with Gasteiger partial charge in [0.25, 0.3) is 0 Å². The van der Waals surface area contributed by atoms with Gasteiger partial charge in [0.2, 0.25) is 0 Å². The van der Waals surface area contributed by atoms with Crippen LogP contribution in [0.25, 0.3) is 0 Å². The van der Waals surface area contributed by atoms with Crippen molar-refractivity contribution in [2.45, 2.75) is 38.1 Å². The molecule has 2 nitrogen and oxygen atoms in total. The second-order valence-corrected chi connectivity index (χ2v) is 5.29. The molecule has 0 bridgehead atoms. The fraction of sp³-hybridized carbons (Fsp3) is 0.583. The van der Waals surface area contributed by atoms with Gasteiger partial charge in [-0.25, -0.2) is 0 Å². The van der Waals surface area contributed by atoms with Crippen LogP contribution in [0.4, 0.5) is 0 Å². The Morgan fingerprint density at radius 1 is 1.25 bits per heavy atom. The summed E-state index contributed by atoms with van der Waals surface area (Å²) in [6, 6.07) is 1.67. The van der Waals surface area contributed by atoms with Gasteiger partial charge in [-0.2, -0.15) is 0 Å². The highest BCUT2D eigenvalue weighted by Crippen LogP contribution is 2.34. The van der Waals surface area contributed by atoms with Crippen molar-refractivity contribution in [3.63, 3.8) is 0 Å². The SMILES string of the molecule is NC(c1ncc(Cl)cc1Cl)C1CCCCC1. The van der Waals surface area contributed by atoms with Gasteiger partial charge in [-0.05, 0) is 24.8 Å². The van der Waals surface area contributed by atoms with Crippen LogP contribution in [0.15, 0.2) is 12.3 Å². The van der Waals surface area contributed by atoms with Gasteiger partial charge in [0.05, 0.1) is 21.8 Å². The zero-order valence-electron chi connectivity index (χ0n) is 9.13. The second kappa shape index (κ2) is 5.35. The fourth-order valence-electron chi connectivity index (χ4n) is 2.39. The molecule has 1 fully saturated rings. The molecule has 1 aliphatic rings. The summed E-state index contributed by atoms with van der Waals surface area (Å²) < 4.78 is 0. The summed E-state index contributed by atoms with van der Waals surface area (Å²) in [5.74, 6) is 0.514. The predicted octanol–water partition coefficient (Wildman–Crippen LogP) is 3.97. The lowest BCUT2D eigenvalue weighted by Gasteiger charge is -2.27. The Morgan fingerprint density at radius 3 is 2.56 bits per heavy atom. The Bertz CT molecular complexity index is 362. The molecule has 1 atom stereocenters. The third-order valence-corrected chi connectivity index (χ3v) is 3.82. The minimum Gasteiger partial charge on any atom is -0.322 e. The maximum atomic E-state index is 6.23. The average molecular weight is 259 g/mol. The van der Waals surface area contributed by atoms with Crippen LogP contribution in [0, 0.1) is 5.92 Å². The zero-order valence-corrected chi connectivity index (χ0v) is 10.6. The normalized spacial score (nSPS) is 19.7. The topological polar surface area (TPSA) is 38.9 Å². The molecule has 0 aliphatic heterocycles. The van der Waals surface area contributed by atoms with Gasteiger partial charge in [0, 0.05) is 6.20 Å². The predicted molar refractivity (Wildman–Crippen MR) is 67.8 cm³/mol. The third kappa shape index (κ3) is 2.68. The van der Waals surface area contributed by atoms with Gasteiger partial charge in [0.15, 0.2) is 0 Å². The summed E-state index contributed by atoms with van der Waals surface area (Å²) in [6.07, 6.45) is 7.84. The molecule has 4 heteroatoms. The Balaban J connectivity index is 2.15. The lowest BCUT2D eigenvalue weighted by atomic mass is 9.83. The molecule has 1 unspecified atom stereocenters. The van der Waals surface area contributed by atoms with Gasteiger partial charge in [-0.1, -0.05) is 42.5 Å². The summed E-state index contributed by atoms with van der Waals surface area (Å²) in [4.78, 5) is 4.26. The number of nitrogens with two attached hydrogens (primary N) is 1. The molecular weight excluding hydrogens is 243 g/mol. The lowest BCUT2D eigenvalue weighted by molar-refractivity contribution is 0.305. The van der Waals surface area contributed by atoms with Gasteiger partial charge < -0.3 is 5.73 Å². The first-order valence-corrected chi connectivity index (χ1v) is 6.50. The summed E-state index contributed by atoms with van der Waals surface area (Å²) in [5, 5.41) is 1.15. The first-order chi connectivity index (χ1) is 7.68. The van der Waals surface area contributed by atoms with Crippen LogP contribution in [0.5, 0.6) is 0 Å². The largest absolute Gasteiger partial charge is 0.322 e. The van der Waals surface area contributed by atoms with Crippen LogP contribution in [-0.4, -0.2) is 4.98 Å². The van der Waals surface area contributed by atoms with Gasteiger partial charge in [0.1, 0.15) is 0 Å². The first kappa shape index (κ1) is 12.2. The summed E-state index contributed by atoms with van der Waals surface area (Å²) in [6.45, 7) is 0. The smallest absolute Gasteiger partial charge is 0.0760 e. The zero-order chi connectivity index (χ0) is 11.5. The molecule has 16 heavy (non-hydrogen) atoms. The number of pyridine rings is 1. The van der Waals surface area contributed by atoms with E-state index in [0.29, 0.717) is 16.0 Å². The van der Waals surface area contributed by atoms with Crippen molar-refractivity contribution in [1.29, 1.82) is 0 Å². The van der Waals surface area contributed by atoms with Crippen LogP contribution < -0.4 is 5.73 Å². The second-order valence-electron chi connectivity index (χ2n) is 4.44. The van der Waals surface area contributed by atoms with E-state index >= 15 is 0 Å². The van der Waals surface area contributed by atoms with E-state index in [1.807, 2.05) is 0 Å². The highest BCUT2D eigenvalue weighted by atomic mass is 35.5. The van der Waals surface area contributed by atoms with Crippen molar-refractivity contribution in [3.8, 4) is 0 Å². The molecule has 1 heterocycles. The number of hydrogen-bond donors (Lipinski definition) is 1. The van der Waals surface area contributed by atoms with Crippen molar-refractivity contribution >= 4 is 23.2 Å². The first-order valence-electron chi connectivity index (χ1n) is 5.75. The Morgan fingerprint density at radius 2 is 1.94 bits per heavy atom. The van der Waals surface area contributed by atoms with E-state index in [1.165, 1.54) is 32.1 Å². The molecule has 1 aromatic heterocycles. The number of nitrogens with zero attached hydrogens (tertiary/aromatic N) is 1. The summed E-state index contributed by atoms with van der Waals surface area (Å²) >= 11 is 11.9. The minimum atomic E-state index is -0.0509. The van der Waals surface area contributed by atoms with E-state index in [9.17, 15) is 0 Å². The van der Waals surface area contributed by atoms with E-state index in [-0.39, 0.29) is 6.04 Å². The van der Waals surface area contributed by atoms with E-state index in [4.69, 9.17) is 28.9 Å². The average Bonchev–Trinajstić information content (AvgIpc) is 2.29. The van der Waals surface area contributed by atoms with Crippen molar-refractivity contribution in [3.05, 3.63) is 28.0 Å². The maximum Gasteiger partial charge on any atom is 0.0760 e. The van der Waals surface area contributed by atoms with Crippen molar-refractivity contribution in [2.75, 3.05) is 0 Å². The van der Waals surface area contributed by atoms with Gasteiger partial charge in [-0.3, -0.25) is 4.98 Å². The molecule has 0 aromatic carbocycles. The highest BCUT2D eigenvalue weighted by Gasteiger charge is 2.24. The van der Waals surface area contributed by atoms with E-state index in [2.05, 4.69) is 4.98 Å². The Kier molecular flexibility index (Phi) is 4.06. The molecule has 1 saturated carbocycles. The number of hydrogen-bond acceptors (Lipinski definition) is 2. The minimum absolute atomic E-state index is 0.0509. The van der Waals surface area contributed by atoms with Crippen LogP contribution in [0.3, 0.4) is 0 Å². The van der Waals surface area contributed by atoms with Crippen LogP contribution >= 0.6 is 23.2 Å². The highest BCUT2D eigenvalue weighted by molar-refractivity contribution is 6.34. The maximum absolute atomic E-state index is 6.23. The van der Waals surface area contributed by atoms with Crippen molar-refractivity contribution in [2.24, 2.45) is 11.7 Å². The summed E-state index contributed by atoms with van der Waals surface area (Å²) in [7, 11) is 0.